The van der Waals surface area contributed by atoms with Crippen LogP contribution in [0.1, 0.15) is 17.0 Å². The average molecular weight is 260 g/mol. The number of nitrogens with one attached hydrogen (secondary N) is 2. The summed E-state index contributed by atoms with van der Waals surface area (Å²) in [7, 11) is 0. The molecule has 6 heteroatoms. The zero-order valence-electron chi connectivity index (χ0n) is 11.2. The highest BCUT2D eigenvalue weighted by molar-refractivity contribution is 5.90. The van der Waals surface area contributed by atoms with Gasteiger partial charge in [0.25, 0.3) is 5.91 Å². The van der Waals surface area contributed by atoms with Crippen molar-refractivity contribution in [1.29, 1.82) is 0 Å². The molecule has 2 rings (SSSR count). The lowest BCUT2D eigenvalue weighted by molar-refractivity contribution is -0.118. The minimum Gasteiger partial charge on any atom is -0.483 e. The SMILES string of the molecule is Cc1ccc(C)c(OCC(=O)Nc2n[nH]c(C)n2)c1. The Morgan fingerprint density at radius 1 is 1.37 bits per heavy atom. The zero-order valence-corrected chi connectivity index (χ0v) is 11.2. The molecule has 1 aromatic heterocycles. The molecule has 2 N–H and O–H groups in total. The average Bonchev–Trinajstić information content (AvgIpc) is 2.76. The van der Waals surface area contributed by atoms with Crippen LogP contribution in [0.15, 0.2) is 18.2 Å². The molecule has 0 saturated carbocycles. The van der Waals surface area contributed by atoms with Gasteiger partial charge in [-0.1, -0.05) is 12.1 Å². The van der Waals surface area contributed by atoms with E-state index in [0.29, 0.717) is 11.6 Å². The van der Waals surface area contributed by atoms with Crippen molar-refractivity contribution in [2.24, 2.45) is 0 Å². The molecular formula is C13H16N4O2. The molecule has 0 atom stereocenters. The van der Waals surface area contributed by atoms with Crippen molar-refractivity contribution in [2.45, 2.75) is 20.8 Å². The third kappa shape index (κ3) is 3.54. The Morgan fingerprint density at radius 3 is 2.84 bits per heavy atom. The van der Waals surface area contributed by atoms with Gasteiger partial charge in [-0.25, -0.2) is 0 Å². The van der Waals surface area contributed by atoms with Gasteiger partial charge in [0, 0.05) is 0 Å². The van der Waals surface area contributed by atoms with E-state index in [4.69, 9.17) is 4.74 Å². The van der Waals surface area contributed by atoms with E-state index < -0.39 is 0 Å². The largest absolute Gasteiger partial charge is 0.483 e. The van der Waals surface area contributed by atoms with Crippen molar-refractivity contribution < 1.29 is 9.53 Å². The molecule has 100 valence electrons. The van der Waals surface area contributed by atoms with E-state index >= 15 is 0 Å². The number of benzene rings is 1. The Labute approximate surface area is 111 Å². The van der Waals surface area contributed by atoms with Gasteiger partial charge in [-0.2, -0.15) is 4.98 Å². The number of carbonyl (C=O) groups excluding carboxylic acids is 1. The lowest BCUT2D eigenvalue weighted by Crippen LogP contribution is -2.21. The van der Waals surface area contributed by atoms with Crippen molar-refractivity contribution >= 4 is 11.9 Å². The van der Waals surface area contributed by atoms with Gasteiger partial charge < -0.3 is 4.74 Å². The molecule has 2 aromatic rings. The second-order valence-electron chi connectivity index (χ2n) is 4.35. The molecule has 0 aliphatic rings. The summed E-state index contributed by atoms with van der Waals surface area (Å²) in [6.07, 6.45) is 0. The van der Waals surface area contributed by atoms with Gasteiger partial charge in [0.05, 0.1) is 0 Å². The fourth-order valence-corrected chi connectivity index (χ4v) is 1.57. The van der Waals surface area contributed by atoms with Crippen molar-refractivity contribution in [1.82, 2.24) is 15.2 Å². The molecule has 0 saturated heterocycles. The lowest BCUT2D eigenvalue weighted by atomic mass is 10.1. The van der Waals surface area contributed by atoms with E-state index in [1.165, 1.54) is 0 Å². The quantitative estimate of drug-likeness (QED) is 0.877. The minimum atomic E-state index is -0.292. The summed E-state index contributed by atoms with van der Waals surface area (Å²) < 4.78 is 5.48. The smallest absolute Gasteiger partial charge is 0.264 e. The first-order chi connectivity index (χ1) is 9.04. The number of ether oxygens (including phenoxy) is 1. The van der Waals surface area contributed by atoms with Crippen LogP contribution in [0.3, 0.4) is 0 Å². The molecule has 0 bridgehead atoms. The highest BCUT2D eigenvalue weighted by Crippen LogP contribution is 2.18. The third-order valence-electron chi connectivity index (χ3n) is 2.55. The number of H-pyrrole nitrogens is 1. The fraction of sp³-hybridized carbons (Fsp3) is 0.308. The number of hydrogen-bond donors (Lipinski definition) is 2. The van der Waals surface area contributed by atoms with Gasteiger partial charge in [0.2, 0.25) is 5.95 Å². The number of amides is 1. The van der Waals surface area contributed by atoms with Crippen LogP contribution in [0.5, 0.6) is 5.75 Å². The number of anilines is 1. The highest BCUT2D eigenvalue weighted by atomic mass is 16.5. The summed E-state index contributed by atoms with van der Waals surface area (Å²) in [5, 5.41) is 9.02. The molecule has 6 nitrogen and oxygen atoms in total. The number of nitrogens with zero attached hydrogens (tertiary/aromatic N) is 2. The predicted octanol–water partition coefficient (Wildman–Crippen LogP) is 1.75. The molecule has 1 heterocycles. The Balaban J connectivity index is 1.91. The van der Waals surface area contributed by atoms with E-state index in [1.807, 2.05) is 32.0 Å². The predicted molar refractivity (Wildman–Crippen MR) is 71.2 cm³/mol. The van der Waals surface area contributed by atoms with Crippen LogP contribution in [-0.4, -0.2) is 27.7 Å². The van der Waals surface area contributed by atoms with E-state index in [-0.39, 0.29) is 18.5 Å². The summed E-state index contributed by atoms with van der Waals surface area (Å²) in [6.45, 7) is 5.60. The Bertz CT molecular complexity index is 592. The Hall–Kier alpha value is -2.37. The number of aromatic nitrogens is 3. The molecule has 1 amide bonds. The summed E-state index contributed by atoms with van der Waals surface area (Å²) >= 11 is 0. The second-order valence-corrected chi connectivity index (χ2v) is 4.35. The molecule has 0 unspecified atom stereocenters. The summed E-state index contributed by atoms with van der Waals surface area (Å²) in [6, 6.07) is 5.86. The molecule has 1 aromatic carbocycles. The molecule has 19 heavy (non-hydrogen) atoms. The van der Waals surface area contributed by atoms with E-state index in [9.17, 15) is 4.79 Å². The molecule has 0 aliphatic carbocycles. The normalized spacial score (nSPS) is 10.3. The number of hydrogen-bond acceptors (Lipinski definition) is 4. The maximum atomic E-state index is 11.7. The lowest BCUT2D eigenvalue weighted by Gasteiger charge is -2.09. The van der Waals surface area contributed by atoms with Gasteiger partial charge in [-0.3, -0.25) is 15.2 Å². The first-order valence-electron chi connectivity index (χ1n) is 5.93. The van der Waals surface area contributed by atoms with Crippen LogP contribution in [0.25, 0.3) is 0 Å². The third-order valence-corrected chi connectivity index (χ3v) is 2.55. The monoisotopic (exact) mass is 260 g/mol. The second kappa shape index (κ2) is 5.51. The Morgan fingerprint density at radius 2 is 2.16 bits per heavy atom. The first kappa shape index (κ1) is 13.1. The fourth-order valence-electron chi connectivity index (χ4n) is 1.57. The van der Waals surface area contributed by atoms with Gasteiger partial charge in [-0.15, -0.1) is 5.10 Å². The first-order valence-corrected chi connectivity index (χ1v) is 5.93. The van der Waals surface area contributed by atoms with Crippen LogP contribution >= 0.6 is 0 Å². The van der Waals surface area contributed by atoms with Gasteiger partial charge in [-0.05, 0) is 38.0 Å². The van der Waals surface area contributed by atoms with Crippen LogP contribution < -0.4 is 10.1 Å². The van der Waals surface area contributed by atoms with Crippen molar-refractivity contribution in [3.63, 3.8) is 0 Å². The highest BCUT2D eigenvalue weighted by Gasteiger charge is 2.08. The van der Waals surface area contributed by atoms with Crippen molar-refractivity contribution in [2.75, 3.05) is 11.9 Å². The summed E-state index contributed by atoms with van der Waals surface area (Å²) in [5.41, 5.74) is 2.08. The van der Waals surface area contributed by atoms with E-state index in [2.05, 4.69) is 20.5 Å². The standard InChI is InChI=1S/C13H16N4O2/c1-8-4-5-9(2)11(6-8)19-7-12(18)15-13-14-10(3)16-17-13/h4-6H,7H2,1-3H3,(H2,14,15,16,17,18). The summed E-state index contributed by atoms with van der Waals surface area (Å²) in [4.78, 5) is 15.6. The van der Waals surface area contributed by atoms with Crippen LogP contribution in [0.4, 0.5) is 5.95 Å². The number of rotatable bonds is 4. The Kier molecular flexibility index (Phi) is 3.79. The molecule has 0 fully saturated rings. The van der Waals surface area contributed by atoms with Crippen molar-refractivity contribution in [3.8, 4) is 5.75 Å². The zero-order chi connectivity index (χ0) is 13.8. The summed E-state index contributed by atoms with van der Waals surface area (Å²) in [5.74, 6) is 1.32. The topological polar surface area (TPSA) is 79.9 Å². The van der Waals surface area contributed by atoms with Gasteiger partial charge >= 0.3 is 0 Å². The molecule has 0 spiro atoms. The van der Waals surface area contributed by atoms with Gasteiger partial charge in [0.15, 0.2) is 6.61 Å². The minimum absolute atomic E-state index is 0.0715. The maximum absolute atomic E-state index is 11.7. The van der Waals surface area contributed by atoms with Crippen LogP contribution in [-0.2, 0) is 4.79 Å². The molecule has 0 radical (unpaired) electrons. The van der Waals surface area contributed by atoms with E-state index in [1.54, 1.807) is 6.92 Å². The maximum Gasteiger partial charge on any atom is 0.264 e. The molecule has 0 aliphatic heterocycles. The number of aromatic amines is 1. The van der Waals surface area contributed by atoms with Gasteiger partial charge in [0.1, 0.15) is 11.6 Å². The molecular weight excluding hydrogens is 244 g/mol. The van der Waals surface area contributed by atoms with Crippen LogP contribution in [0, 0.1) is 20.8 Å². The number of aryl methyl sites for hydroxylation is 3. The van der Waals surface area contributed by atoms with Crippen LogP contribution in [0.2, 0.25) is 0 Å². The van der Waals surface area contributed by atoms with Crippen molar-refractivity contribution in [3.05, 3.63) is 35.2 Å². The number of carbonyl (C=O) groups is 1. The van der Waals surface area contributed by atoms with E-state index in [0.717, 1.165) is 11.1 Å².